The molecule has 3 rings (SSSR count). The van der Waals surface area contributed by atoms with Gasteiger partial charge in [0.05, 0.1) is 0 Å². The summed E-state index contributed by atoms with van der Waals surface area (Å²) >= 11 is 1.46. The molecule has 1 aromatic carbocycles. The first-order valence-corrected chi connectivity index (χ1v) is 9.68. The Morgan fingerprint density at radius 2 is 2.07 bits per heavy atom. The van der Waals surface area contributed by atoms with Crippen LogP contribution < -0.4 is 10.6 Å². The van der Waals surface area contributed by atoms with Crippen LogP contribution in [0.15, 0.2) is 30.3 Å². The molecule has 0 saturated carbocycles. The third-order valence-electron chi connectivity index (χ3n) is 4.50. The zero-order chi connectivity index (χ0) is 19.4. The lowest BCUT2D eigenvalue weighted by Gasteiger charge is -2.16. The molecule has 2 aromatic rings. The predicted octanol–water partition coefficient (Wildman–Crippen LogP) is 3.03. The first-order valence-electron chi connectivity index (χ1n) is 8.87. The van der Waals surface area contributed by atoms with Gasteiger partial charge >= 0.3 is 5.97 Å². The Bertz CT molecular complexity index is 875. The predicted molar refractivity (Wildman–Crippen MR) is 104 cm³/mol. The van der Waals surface area contributed by atoms with Crippen molar-refractivity contribution in [3.63, 3.8) is 0 Å². The van der Waals surface area contributed by atoms with Crippen LogP contribution in [0.2, 0.25) is 0 Å². The molecule has 1 aliphatic rings. The molecule has 0 aliphatic heterocycles. The molecular weight excluding hydrogens is 364 g/mol. The Hall–Kier alpha value is -2.67. The van der Waals surface area contributed by atoms with E-state index < -0.39 is 11.9 Å². The number of carbonyl (C=O) groups excluding carboxylic acids is 3. The average molecular weight is 386 g/mol. The third kappa shape index (κ3) is 4.74. The standard InChI is InChI=1S/C20H22N2O4S/c1-12-6-7-16-14(8-12)10-17(27-16)20(25)26-11-18(23)22-15-5-3-4-13(9-15)19(24)21-2/h3-5,9-10,12H,6-8,11H2,1-2H3,(H,21,24)(H,22,23)/t12-/m1/s1. The van der Waals surface area contributed by atoms with Crippen LogP contribution in [0.3, 0.4) is 0 Å². The summed E-state index contributed by atoms with van der Waals surface area (Å²) in [6.07, 6.45) is 3.12. The number of esters is 1. The number of nitrogens with one attached hydrogen (secondary N) is 2. The molecule has 0 spiro atoms. The molecule has 2 N–H and O–H groups in total. The summed E-state index contributed by atoms with van der Waals surface area (Å²) in [6.45, 7) is 1.84. The molecule has 0 fully saturated rings. The van der Waals surface area contributed by atoms with Gasteiger partial charge in [0, 0.05) is 23.2 Å². The normalized spacial score (nSPS) is 15.6. The Kier molecular flexibility index (Phi) is 5.91. The van der Waals surface area contributed by atoms with Crippen molar-refractivity contribution in [2.45, 2.75) is 26.2 Å². The van der Waals surface area contributed by atoms with E-state index in [0.29, 0.717) is 22.0 Å². The first kappa shape index (κ1) is 19.1. The van der Waals surface area contributed by atoms with Gasteiger partial charge in [-0.05, 0) is 55.0 Å². The van der Waals surface area contributed by atoms with Gasteiger partial charge in [-0.15, -0.1) is 11.3 Å². The van der Waals surface area contributed by atoms with Gasteiger partial charge < -0.3 is 15.4 Å². The highest BCUT2D eigenvalue weighted by atomic mass is 32.1. The van der Waals surface area contributed by atoms with Crippen molar-refractivity contribution in [1.29, 1.82) is 0 Å². The summed E-state index contributed by atoms with van der Waals surface area (Å²) in [7, 11) is 1.54. The maximum atomic E-state index is 12.2. The maximum absolute atomic E-state index is 12.2. The Balaban J connectivity index is 1.55. The number of aryl methyl sites for hydroxylation is 1. The van der Waals surface area contributed by atoms with Crippen LogP contribution >= 0.6 is 11.3 Å². The quantitative estimate of drug-likeness (QED) is 0.774. The van der Waals surface area contributed by atoms with Gasteiger partial charge in [0.1, 0.15) is 4.88 Å². The lowest BCUT2D eigenvalue weighted by atomic mass is 9.90. The van der Waals surface area contributed by atoms with E-state index in [-0.39, 0.29) is 12.5 Å². The van der Waals surface area contributed by atoms with Crippen LogP contribution in [0.4, 0.5) is 5.69 Å². The van der Waals surface area contributed by atoms with Crippen LogP contribution in [-0.2, 0) is 22.4 Å². The second kappa shape index (κ2) is 8.35. The van der Waals surface area contributed by atoms with E-state index in [2.05, 4.69) is 17.6 Å². The van der Waals surface area contributed by atoms with Crippen LogP contribution in [-0.4, -0.2) is 31.4 Å². The largest absolute Gasteiger partial charge is 0.451 e. The fraction of sp³-hybridized carbons (Fsp3) is 0.350. The fourth-order valence-corrected chi connectivity index (χ4v) is 4.19. The zero-order valence-corrected chi connectivity index (χ0v) is 16.2. The highest BCUT2D eigenvalue weighted by Crippen LogP contribution is 2.32. The van der Waals surface area contributed by atoms with Gasteiger partial charge in [-0.3, -0.25) is 9.59 Å². The fourth-order valence-electron chi connectivity index (χ4n) is 3.09. The van der Waals surface area contributed by atoms with Gasteiger partial charge in [0.15, 0.2) is 6.61 Å². The number of hydrogen-bond donors (Lipinski definition) is 2. The van der Waals surface area contributed by atoms with E-state index in [9.17, 15) is 14.4 Å². The lowest BCUT2D eigenvalue weighted by Crippen LogP contribution is -2.21. The average Bonchev–Trinajstić information content (AvgIpc) is 3.09. The van der Waals surface area contributed by atoms with Crippen molar-refractivity contribution >= 4 is 34.8 Å². The maximum Gasteiger partial charge on any atom is 0.348 e. The summed E-state index contributed by atoms with van der Waals surface area (Å²) in [5.41, 5.74) is 2.13. The number of carbonyl (C=O) groups is 3. The number of anilines is 1. The Morgan fingerprint density at radius 1 is 1.26 bits per heavy atom. The molecule has 6 nitrogen and oxygen atoms in total. The zero-order valence-electron chi connectivity index (χ0n) is 15.3. The molecule has 7 heteroatoms. The van der Waals surface area contributed by atoms with Gasteiger partial charge in [-0.25, -0.2) is 4.79 Å². The Morgan fingerprint density at radius 3 is 2.85 bits per heavy atom. The van der Waals surface area contributed by atoms with Crippen molar-refractivity contribution in [2.75, 3.05) is 19.0 Å². The molecule has 1 aliphatic carbocycles. The Labute approximate surface area is 161 Å². The third-order valence-corrected chi connectivity index (χ3v) is 5.72. The van der Waals surface area contributed by atoms with Crippen molar-refractivity contribution in [1.82, 2.24) is 5.32 Å². The monoisotopic (exact) mass is 386 g/mol. The number of ether oxygens (including phenoxy) is 1. The number of fused-ring (bicyclic) bond motifs is 1. The van der Waals surface area contributed by atoms with Gasteiger partial charge in [0.2, 0.25) is 0 Å². The molecule has 0 bridgehead atoms. The molecule has 1 atom stereocenters. The molecule has 142 valence electrons. The number of rotatable bonds is 5. The molecule has 0 radical (unpaired) electrons. The number of amides is 2. The summed E-state index contributed by atoms with van der Waals surface area (Å²) in [5.74, 6) is -0.538. The van der Waals surface area contributed by atoms with Gasteiger partial charge in [-0.2, -0.15) is 0 Å². The summed E-state index contributed by atoms with van der Waals surface area (Å²) in [5, 5.41) is 5.15. The topological polar surface area (TPSA) is 84.5 Å². The van der Waals surface area contributed by atoms with Crippen LogP contribution in [0.1, 0.15) is 43.8 Å². The van der Waals surface area contributed by atoms with Gasteiger partial charge in [0.25, 0.3) is 11.8 Å². The number of thiophene rings is 1. The van der Waals surface area contributed by atoms with Crippen molar-refractivity contribution < 1.29 is 19.1 Å². The van der Waals surface area contributed by atoms with E-state index in [1.165, 1.54) is 28.8 Å². The number of benzene rings is 1. The molecule has 2 amide bonds. The van der Waals surface area contributed by atoms with Crippen molar-refractivity contribution in [3.05, 3.63) is 51.2 Å². The minimum Gasteiger partial charge on any atom is -0.451 e. The van der Waals surface area contributed by atoms with E-state index >= 15 is 0 Å². The van der Waals surface area contributed by atoms with Gasteiger partial charge in [-0.1, -0.05) is 13.0 Å². The molecule has 27 heavy (non-hydrogen) atoms. The minimum absolute atomic E-state index is 0.242. The van der Waals surface area contributed by atoms with E-state index in [1.807, 2.05) is 6.07 Å². The molecule has 1 aromatic heterocycles. The summed E-state index contributed by atoms with van der Waals surface area (Å²) in [4.78, 5) is 37.7. The van der Waals surface area contributed by atoms with E-state index in [0.717, 1.165) is 19.3 Å². The molecule has 1 heterocycles. The second-order valence-corrected chi connectivity index (χ2v) is 7.83. The SMILES string of the molecule is CNC(=O)c1cccc(NC(=O)COC(=O)c2cc3c(s2)CC[C@@H](C)C3)c1. The molecular formula is C20H22N2O4S. The minimum atomic E-state index is -0.476. The summed E-state index contributed by atoms with van der Waals surface area (Å²) < 4.78 is 5.15. The van der Waals surface area contributed by atoms with Crippen LogP contribution in [0.25, 0.3) is 0 Å². The van der Waals surface area contributed by atoms with Crippen LogP contribution in [0, 0.1) is 5.92 Å². The first-order chi connectivity index (χ1) is 13.0. The lowest BCUT2D eigenvalue weighted by molar-refractivity contribution is -0.119. The molecule has 0 unspecified atom stereocenters. The second-order valence-electron chi connectivity index (χ2n) is 6.69. The smallest absolute Gasteiger partial charge is 0.348 e. The van der Waals surface area contributed by atoms with Crippen LogP contribution in [0.5, 0.6) is 0 Å². The molecule has 0 saturated heterocycles. The van der Waals surface area contributed by atoms with E-state index in [4.69, 9.17) is 4.74 Å². The highest BCUT2D eigenvalue weighted by molar-refractivity contribution is 7.14. The van der Waals surface area contributed by atoms with E-state index in [1.54, 1.807) is 24.3 Å². The van der Waals surface area contributed by atoms with Crippen molar-refractivity contribution in [3.8, 4) is 0 Å². The highest BCUT2D eigenvalue weighted by Gasteiger charge is 2.21. The van der Waals surface area contributed by atoms with Crippen molar-refractivity contribution in [2.24, 2.45) is 5.92 Å². The number of hydrogen-bond acceptors (Lipinski definition) is 5. The summed E-state index contributed by atoms with van der Waals surface area (Å²) in [6, 6.07) is 8.44.